The highest BCUT2D eigenvalue weighted by Crippen LogP contribution is 2.28. The number of aryl methyl sites for hydroxylation is 1. The summed E-state index contributed by atoms with van der Waals surface area (Å²) in [6.45, 7) is 3.06. The van der Waals surface area contributed by atoms with Gasteiger partial charge in [0, 0.05) is 6.54 Å². The minimum absolute atomic E-state index is 0.216. The molecule has 5 heteroatoms. The third-order valence-corrected chi connectivity index (χ3v) is 4.78. The molecule has 1 saturated heterocycles. The molecule has 0 radical (unpaired) electrons. The quantitative estimate of drug-likeness (QED) is 0.659. The van der Waals surface area contributed by atoms with Crippen LogP contribution in [0.3, 0.4) is 0 Å². The standard InChI is InChI=1S/C21H22N2O3/c1-15-10-11-19-17(13-15)22-21(26-19)23-12-6-5-9-18(23)20(24)25-14-16-7-3-2-4-8-16/h2-4,7-8,10-11,13,18H,5-6,9,12,14H2,1H3/t18-/m0/s1. The van der Waals surface area contributed by atoms with Crippen LogP contribution in [0.4, 0.5) is 6.01 Å². The summed E-state index contributed by atoms with van der Waals surface area (Å²) in [6.07, 6.45) is 2.77. The van der Waals surface area contributed by atoms with Crippen molar-refractivity contribution in [3.05, 3.63) is 59.7 Å². The number of carbonyl (C=O) groups is 1. The summed E-state index contributed by atoms with van der Waals surface area (Å²) in [5.41, 5.74) is 3.69. The van der Waals surface area contributed by atoms with Gasteiger partial charge in [-0.25, -0.2) is 4.79 Å². The van der Waals surface area contributed by atoms with Gasteiger partial charge in [0.05, 0.1) is 0 Å². The van der Waals surface area contributed by atoms with Crippen LogP contribution in [0, 0.1) is 6.92 Å². The lowest BCUT2D eigenvalue weighted by Crippen LogP contribution is -2.45. The second kappa shape index (κ2) is 7.20. The number of ether oxygens (including phenoxy) is 1. The average Bonchev–Trinajstić information content (AvgIpc) is 3.10. The second-order valence-electron chi connectivity index (χ2n) is 6.77. The Hall–Kier alpha value is -2.82. The van der Waals surface area contributed by atoms with E-state index in [-0.39, 0.29) is 18.6 Å². The van der Waals surface area contributed by atoms with Gasteiger partial charge >= 0.3 is 5.97 Å². The molecule has 0 amide bonds. The minimum Gasteiger partial charge on any atom is -0.459 e. The largest absolute Gasteiger partial charge is 0.459 e. The van der Waals surface area contributed by atoms with Crippen LogP contribution in [0.25, 0.3) is 11.1 Å². The first-order chi connectivity index (χ1) is 12.7. The molecule has 26 heavy (non-hydrogen) atoms. The summed E-state index contributed by atoms with van der Waals surface area (Å²) in [6, 6.07) is 15.8. The van der Waals surface area contributed by atoms with Crippen molar-refractivity contribution in [2.24, 2.45) is 0 Å². The number of aromatic nitrogens is 1. The molecule has 0 N–H and O–H groups in total. The van der Waals surface area contributed by atoms with Crippen LogP contribution in [0.5, 0.6) is 0 Å². The first-order valence-corrected chi connectivity index (χ1v) is 9.05. The summed E-state index contributed by atoms with van der Waals surface area (Å²) in [4.78, 5) is 19.2. The highest BCUT2D eigenvalue weighted by atomic mass is 16.5. The molecule has 0 spiro atoms. The van der Waals surface area contributed by atoms with E-state index in [1.165, 1.54) is 0 Å². The van der Waals surface area contributed by atoms with Crippen LogP contribution in [0.2, 0.25) is 0 Å². The maximum atomic E-state index is 12.7. The number of rotatable bonds is 4. The van der Waals surface area contributed by atoms with Crippen LogP contribution in [0.1, 0.15) is 30.4 Å². The van der Waals surface area contributed by atoms with Crippen molar-refractivity contribution >= 4 is 23.1 Å². The number of fused-ring (bicyclic) bond motifs is 1. The fourth-order valence-corrected chi connectivity index (χ4v) is 3.38. The van der Waals surface area contributed by atoms with Crippen molar-refractivity contribution in [3.8, 4) is 0 Å². The minimum atomic E-state index is -0.346. The van der Waals surface area contributed by atoms with Gasteiger partial charge in [0.25, 0.3) is 6.01 Å². The molecule has 2 aromatic carbocycles. The summed E-state index contributed by atoms with van der Waals surface area (Å²) < 4.78 is 11.5. The molecule has 2 heterocycles. The number of carbonyl (C=O) groups excluding carboxylic acids is 1. The molecule has 3 aromatic rings. The number of esters is 1. The van der Waals surface area contributed by atoms with Crippen LogP contribution in [-0.2, 0) is 16.1 Å². The molecule has 1 fully saturated rings. The summed E-state index contributed by atoms with van der Waals surface area (Å²) >= 11 is 0. The normalized spacial score (nSPS) is 17.4. The Labute approximate surface area is 152 Å². The summed E-state index contributed by atoms with van der Waals surface area (Å²) in [5.74, 6) is -0.216. The predicted octanol–water partition coefficient (Wildman–Crippen LogP) is 4.24. The van der Waals surface area contributed by atoms with Gasteiger partial charge in [0.15, 0.2) is 5.58 Å². The van der Waals surface area contributed by atoms with Crippen LogP contribution in [0.15, 0.2) is 52.9 Å². The van der Waals surface area contributed by atoms with E-state index in [0.29, 0.717) is 6.01 Å². The highest BCUT2D eigenvalue weighted by Gasteiger charge is 2.33. The Balaban J connectivity index is 1.52. The lowest BCUT2D eigenvalue weighted by Gasteiger charge is -2.32. The number of hydrogen-bond donors (Lipinski definition) is 0. The number of oxazole rings is 1. The number of piperidine rings is 1. The van der Waals surface area contributed by atoms with Crippen LogP contribution < -0.4 is 4.90 Å². The second-order valence-corrected chi connectivity index (χ2v) is 6.77. The van der Waals surface area contributed by atoms with Crippen LogP contribution in [-0.4, -0.2) is 23.5 Å². The van der Waals surface area contributed by atoms with Crippen molar-refractivity contribution < 1.29 is 13.9 Å². The fraction of sp³-hybridized carbons (Fsp3) is 0.333. The molecule has 1 aromatic heterocycles. The summed E-state index contributed by atoms with van der Waals surface area (Å²) in [7, 11) is 0. The van der Waals surface area contributed by atoms with Crippen molar-refractivity contribution in [2.75, 3.05) is 11.4 Å². The zero-order valence-electron chi connectivity index (χ0n) is 14.9. The first kappa shape index (κ1) is 16.6. The predicted molar refractivity (Wildman–Crippen MR) is 100.0 cm³/mol. The van der Waals surface area contributed by atoms with E-state index in [0.717, 1.165) is 48.0 Å². The van der Waals surface area contributed by atoms with Gasteiger partial charge in [0.2, 0.25) is 0 Å². The maximum Gasteiger partial charge on any atom is 0.329 e. The van der Waals surface area contributed by atoms with Crippen molar-refractivity contribution in [1.29, 1.82) is 0 Å². The molecule has 0 saturated carbocycles. The van der Waals surface area contributed by atoms with Crippen molar-refractivity contribution in [2.45, 2.75) is 38.8 Å². The van der Waals surface area contributed by atoms with E-state index in [1.807, 2.05) is 60.4 Å². The van der Waals surface area contributed by atoms with Crippen molar-refractivity contribution in [1.82, 2.24) is 4.98 Å². The number of benzene rings is 2. The maximum absolute atomic E-state index is 12.7. The van der Waals surface area contributed by atoms with Gasteiger partial charge in [-0.1, -0.05) is 36.4 Å². The molecule has 134 valence electrons. The Morgan fingerprint density at radius 3 is 2.92 bits per heavy atom. The third-order valence-electron chi connectivity index (χ3n) is 4.78. The van der Waals surface area contributed by atoms with Gasteiger partial charge in [-0.15, -0.1) is 0 Å². The van der Waals surface area contributed by atoms with Crippen LogP contribution >= 0.6 is 0 Å². The molecule has 1 atom stereocenters. The molecular formula is C21H22N2O3. The molecule has 1 aliphatic heterocycles. The lowest BCUT2D eigenvalue weighted by atomic mass is 10.0. The monoisotopic (exact) mass is 350 g/mol. The Kier molecular flexibility index (Phi) is 4.61. The molecule has 4 rings (SSSR count). The van der Waals surface area contributed by atoms with Gasteiger partial charge in [-0.05, 0) is 49.4 Å². The van der Waals surface area contributed by atoms with E-state index < -0.39 is 0 Å². The fourth-order valence-electron chi connectivity index (χ4n) is 3.38. The molecule has 0 unspecified atom stereocenters. The van der Waals surface area contributed by atoms with Gasteiger partial charge < -0.3 is 14.1 Å². The van der Waals surface area contributed by atoms with E-state index in [2.05, 4.69) is 4.98 Å². The summed E-state index contributed by atoms with van der Waals surface area (Å²) in [5, 5.41) is 0. The zero-order valence-corrected chi connectivity index (χ0v) is 14.9. The van der Waals surface area contributed by atoms with E-state index >= 15 is 0 Å². The number of hydrogen-bond acceptors (Lipinski definition) is 5. The topological polar surface area (TPSA) is 55.6 Å². The molecule has 0 bridgehead atoms. The Morgan fingerprint density at radius 1 is 1.23 bits per heavy atom. The molecule has 0 aliphatic carbocycles. The average molecular weight is 350 g/mol. The van der Waals surface area contributed by atoms with E-state index in [9.17, 15) is 4.79 Å². The van der Waals surface area contributed by atoms with Gasteiger partial charge in [0.1, 0.15) is 18.2 Å². The van der Waals surface area contributed by atoms with Crippen molar-refractivity contribution in [3.63, 3.8) is 0 Å². The smallest absolute Gasteiger partial charge is 0.329 e. The van der Waals surface area contributed by atoms with Gasteiger partial charge in [-0.3, -0.25) is 0 Å². The molecule has 1 aliphatic rings. The van der Waals surface area contributed by atoms with E-state index in [1.54, 1.807) is 0 Å². The molecule has 5 nitrogen and oxygen atoms in total. The van der Waals surface area contributed by atoms with E-state index in [4.69, 9.17) is 9.15 Å². The SMILES string of the molecule is Cc1ccc2oc(N3CCCC[C@H]3C(=O)OCc3ccccc3)nc2c1. The number of nitrogens with zero attached hydrogens (tertiary/aromatic N) is 2. The first-order valence-electron chi connectivity index (χ1n) is 9.05. The molecular weight excluding hydrogens is 328 g/mol. The Bertz CT molecular complexity index is 904. The zero-order chi connectivity index (χ0) is 17.9. The third kappa shape index (κ3) is 3.43. The highest BCUT2D eigenvalue weighted by molar-refractivity contribution is 5.81. The van der Waals surface area contributed by atoms with Gasteiger partial charge in [-0.2, -0.15) is 4.98 Å². The lowest BCUT2D eigenvalue weighted by molar-refractivity contribution is -0.147. The Morgan fingerprint density at radius 2 is 2.08 bits per heavy atom. The number of anilines is 1.